The van der Waals surface area contributed by atoms with Crippen LogP contribution >= 0.6 is 0 Å². The second-order valence-electron chi connectivity index (χ2n) is 7.18. The molecular weight excluding hydrogens is 441 g/mol. The molecule has 1 aliphatic heterocycles. The number of nitrogens with zero attached hydrogens (tertiary/aromatic N) is 3. The van der Waals surface area contributed by atoms with Crippen molar-refractivity contribution in [2.45, 2.75) is 44.2 Å². The summed E-state index contributed by atoms with van der Waals surface area (Å²) in [6.45, 7) is 1.04. The van der Waals surface area contributed by atoms with Crippen LogP contribution in [0.3, 0.4) is 0 Å². The van der Waals surface area contributed by atoms with Gasteiger partial charge in [-0.1, -0.05) is 6.92 Å². The Balaban J connectivity index is 1.75. The molecule has 3 rings (SSSR count). The maximum Gasteiger partial charge on any atom is 0.416 e. The van der Waals surface area contributed by atoms with Gasteiger partial charge >= 0.3 is 18.3 Å². The highest BCUT2D eigenvalue weighted by molar-refractivity contribution is 5.86. The molecule has 0 unspecified atom stereocenters. The number of hydrogen-bond donors (Lipinski definition) is 1. The molecule has 1 aromatic carbocycles. The van der Waals surface area contributed by atoms with Gasteiger partial charge in [-0.25, -0.2) is 14.8 Å². The minimum absolute atomic E-state index is 0.0990. The molecule has 1 N–H and O–H groups in total. The first-order chi connectivity index (χ1) is 15.0. The second kappa shape index (κ2) is 9.23. The van der Waals surface area contributed by atoms with Gasteiger partial charge in [0.2, 0.25) is 5.95 Å². The van der Waals surface area contributed by atoms with E-state index in [0.29, 0.717) is 0 Å². The zero-order valence-corrected chi connectivity index (χ0v) is 16.9. The molecule has 0 aliphatic carbocycles. The molecule has 1 aliphatic rings. The van der Waals surface area contributed by atoms with Crippen LogP contribution in [0.1, 0.15) is 35.7 Å². The lowest BCUT2D eigenvalue weighted by molar-refractivity contribution is -0.241. The molecule has 1 aromatic heterocycles. The minimum atomic E-state index is -4.48. The van der Waals surface area contributed by atoms with Gasteiger partial charge in [-0.2, -0.15) is 22.0 Å². The van der Waals surface area contributed by atoms with Crippen molar-refractivity contribution in [2.75, 3.05) is 18.1 Å². The summed E-state index contributed by atoms with van der Waals surface area (Å²) >= 11 is 0. The predicted molar refractivity (Wildman–Crippen MR) is 102 cm³/mol. The van der Waals surface area contributed by atoms with Crippen molar-refractivity contribution < 1.29 is 41.3 Å². The van der Waals surface area contributed by atoms with E-state index in [1.165, 1.54) is 19.1 Å². The maximum atomic E-state index is 13.6. The van der Waals surface area contributed by atoms with Gasteiger partial charge in [0.05, 0.1) is 30.3 Å². The number of carboxylic acid groups (broad SMARTS) is 1. The zero-order valence-electron chi connectivity index (χ0n) is 16.9. The fraction of sp³-hybridized carbons (Fsp3) is 0.450. The van der Waals surface area contributed by atoms with Gasteiger partial charge in [-0.15, -0.1) is 0 Å². The molecule has 2 atom stereocenters. The highest BCUT2D eigenvalue weighted by Crippen LogP contribution is 2.32. The first-order valence-corrected chi connectivity index (χ1v) is 9.66. The number of aromatic carboxylic acids is 1. The van der Waals surface area contributed by atoms with Crippen LogP contribution in [0, 0.1) is 0 Å². The van der Waals surface area contributed by atoms with Crippen molar-refractivity contribution in [2.24, 2.45) is 0 Å². The number of anilines is 1. The van der Waals surface area contributed by atoms with Gasteiger partial charge in [0.1, 0.15) is 11.9 Å². The molecule has 0 spiro atoms. The molecular formula is C20H20F5N3O4. The summed E-state index contributed by atoms with van der Waals surface area (Å²) < 4.78 is 75.8. The average molecular weight is 461 g/mol. The summed E-state index contributed by atoms with van der Waals surface area (Å²) in [5.74, 6) is -0.934. The van der Waals surface area contributed by atoms with E-state index >= 15 is 0 Å². The number of rotatable bonds is 8. The van der Waals surface area contributed by atoms with E-state index in [1.54, 1.807) is 4.90 Å². The lowest BCUT2D eigenvalue weighted by atomic mass is 10.2. The maximum absolute atomic E-state index is 13.6. The van der Waals surface area contributed by atoms with Crippen molar-refractivity contribution >= 4 is 11.9 Å². The molecule has 0 radical (unpaired) electrons. The standard InChI is InChI=1S/C20H20F5N3O4/c1-2-19(21,22)31-11-14-7-16(32-15-5-3-13(4-6-15)20(23,24)25)10-28(14)18-26-8-12(9-27-18)17(29)30/h3-6,8-9,14,16H,2,7,10-11H2,1H3,(H,29,30)/t14-,16+/m0/s1. The zero-order chi connectivity index (χ0) is 23.5. The average Bonchev–Trinajstić information content (AvgIpc) is 3.15. The topological polar surface area (TPSA) is 84.8 Å². The van der Waals surface area contributed by atoms with Gasteiger partial charge < -0.3 is 19.5 Å². The minimum Gasteiger partial charge on any atom is -0.489 e. The van der Waals surface area contributed by atoms with E-state index in [-0.39, 0.29) is 36.8 Å². The molecule has 174 valence electrons. The van der Waals surface area contributed by atoms with Crippen LogP contribution in [0.25, 0.3) is 0 Å². The first kappa shape index (κ1) is 23.6. The van der Waals surface area contributed by atoms with E-state index in [2.05, 4.69) is 9.97 Å². The Morgan fingerprint density at radius 2 is 1.78 bits per heavy atom. The normalized spacial score (nSPS) is 19.2. The van der Waals surface area contributed by atoms with E-state index in [0.717, 1.165) is 24.5 Å². The first-order valence-electron chi connectivity index (χ1n) is 9.66. The van der Waals surface area contributed by atoms with Crippen LogP contribution in [-0.4, -0.2) is 52.4 Å². The third kappa shape index (κ3) is 5.81. The molecule has 2 heterocycles. The summed E-state index contributed by atoms with van der Waals surface area (Å²) in [6, 6.07) is 3.51. The molecule has 0 bridgehead atoms. The summed E-state index contributed by atoms with van der Waals surface area (Å²) in [6.07, 6.45) is -6.50. The number of benzene rings is 1. The van der Waals surface area contributed by atoms with E-state index in [4.69, 9.17) is 14.6 Å². The van der Waals surface area contributed by atoms with Crippen molar-refractivity contribution in [3.63, 3.8) is 0 Å². The number of halogens is 5. The van der Waals surface area contributed by atoms with Gasteiger partial charge in [0, 0.05) is 25.2 Å². The molecule has 2 aromatic rings. The van der Waals surface area contributed by atoms with Gasteiger partial charge in [-0.05, 0) is 24.3 Å². The third-order valence-electron chi connectivity index (χ3n) is 4.90. The van der Waals surface area contributed by atoms with Crippen LogP contribution in [0.5, 0.6) is 5.75 Å². The Bertz CT molecular complexity index is 922. The SMILES string of the molecule is CCC(F)(F)OC[C@@H]1C[C@@H](Oc2ccc(C(F)(F)F)cc2)CN1c1ncc(C(=O)O)cn1. The van der Waals surface area contributed by atoms with Crippen molar-refractivity contribution in [1.29, 1.82) is 0 Å². The van der Waals surface area contributed by atoms with Gasteiger partial charge in [-0.3, -0.25) is 0 Å². The highest BCUT2D eigenvalue weighted by atomic mass is 19.4. The van der Waals surface area contributed by atoms with Crippen LogP contribution in [0.2, 0.25) is 0 Å². The fourth-order valence-electron chi connectivity index (χ4n) is 3.18. The molecule has 0 amide bonds. The smallest absolute Gasteiger partial charge is 0.416 e. The van der Waals surface area contributed by atoms with Crippen LogP contribution in [0.4, 0.5) is 27.9 Å². The molecule has 0 saturated carbocycles. The molecule has 32 heavy (non-hydrogen) atoms. The predicted octanol–water partition coefficient (Wildman–Crippen LogP) is 4.24. The van der Waals surface area contributed by atoms with Crippen LogP contribution in [-0.2, 0) is 10.9 Å². The Kier molecular flexibility index (Phi) is 6.82. The van der Waals surface area contributed by atoms with E-state index in [9.17, 15) is 26.7 Å². The monoisotopic (exact) mass is 461 g/mol. The number of carbonyl (C=O) groups is 1. The lowest BCUT2D eigenvalue weighted by Crippen LogP contribution is -2.37. The molecule has 1 saturated heterocycles. The summed E-state index contributed by atoms with van der Waals surface area (Å²) in [4.78, 5) is 20.5. The van der Waals surface area contributed by atoms with Crippen LogP contribution in [0.15, 0.2) is 36.7 Å². The number of alkyl halides is 5. The van der Waals surface area contributed by atoms with Gasteiger partial charge in [0.25, 0.3) is 0 Å². The van der Waals surface area contributed by atoms with Gasteiger partial charge in [0.15, 0.2) is 0 Å². The lowest BCUT2D eigenvalue weighted by Gasteiger charge is -2.25. The van der Waals surface area contributed by atoms with Crippen molar-refractivity contribution in [1.82, 2.24) is 9.97 Å². The third-order valence-corrected chi connectivity index (χ3v) is 4.90. The largest absolute Gasteiger partial charge is 0.489 e. The Morgan fingerprint density at radius 3 is 2.31 bits per heavy atom. The second-order valence-corrected chi connectivity index (χ2v) is 7.18. The molecule has 7 nitrogen and oxygen atoms in total. The van der Waals surface area contributed by atoms with E-state index < -0.39 is 42.4 Å². The summed E-state index contributed by atoms with van der Waals surface area (Å²) in [5, 5.41) is 8.98. The Morgan fingerprint density at radius 1 is 1.16 bits per heavy atom. The molecule has 12 heteroatoms. The molecule has 1 fully saturated rings. The Hall–Kier alpha value is -3.02. The number of aromatic nitrogens is 2. The Labute approximate surface area is 179 Å². The summed E-state index contributed by atoms with van der Waals surface area (Å²) in [7, 11) is 0. The van der Waals surface area contributed by atoms with Crippen LogP contribution < -0.4 is 9.64 Å². The highest BCUT2D eigenvalue weighted by Gasteiger charge is 2.38. The van der Waals surface area contributed by atoms with E-state index in [1.807, 2.05) is 0 Å². The number of hydrogen-bond acceptors (Lipinski definition) is 6. The summed E-state index contributed by atoms with van der Waals surface area (Å²) in [5.41, 5.74) is -0.964. The fourth-order valence-corrected chi connectivity index (χ4v) is 3.18. The number of ether oxygens (including phenoxy) is 2. The number of carboxylic acids is 1. The van der Waals surface area contributed by atoms with Crippen molar-refractivity contribution in [3.05, 3.63) is 47.8 Å². The van der Waals surface area contributed by atoms with Crippen molar-refractivity contribution in [3.8, 4) is 5.75 Å². The quantitative estimate of drug-likeness (QED) is 0.589.